The average molecular weight is 278 g/mol. The van der Waals surface area contributed by atoms with Gasteiger partial charge in [-0.3, -0.25) is 10.8 Å². The number of morpholine rings is 1. The summed E-state index contributed by atoms with van der Waals surface area (Å²) in [5, 5.41) is 28.2. The van der Waals surface area contributed by atoms with Crippen LogP contribution in [-0.2, 0) is 9.47 Å². The first-order valence-electron chi connectivity index (χ1n) is 6.30. The van der Waals surface area contributed by atoms with Crippen molar-refractivity contribution in [2.75, 3.05) is 38.7 Å². The molecule has 0 bridgehead atoms. The number of amidine groups is 1. The van der Waals surface area contributed by atoms with Crippen LogP contribution < -0.4 is 5.32 Å². The van der Waals surface area contributed by atoms with Gasteiger partial charge in [0.2, 0.25) is 5.90 Å². The molecule has 0 atom stereocenters. The van der Waals surface area contributed by atoms with E-state index in [1.807, 2.05) is 0 Å². The quantitative estimate of drug-likeness (QED) is 0.368. The molecule has 4 N–H and O–H groups in total. The van der Waals surface area contributed by atoms with Gasteiger partial charge < -0.3 is 24.8 Å². The summed E-state index contributed by atoms with van der Waals surface area (Å²) in [7, 11) is 1.70. The molecule has 20 heavy (non-hydrogen) atoms. The van der Waals surface area contributed by atoms with Crippen molar-refractivity contribution in [2.45, 2.75) is 0 Å². The summed E-state index contributed by atoms with van der Waals surface area (Å²) in [6.45, 7) is 2.26. The molecule has 0 saturated carbocycles. The maximum absolute atomic E-state index is 9.73. The minimum Gasteiger partial charge on any atom is -0.506 e. The third kappa shape index (κ3) is 3.18. The monoisotopic (exact) mass is 278 g/mol. The predicted octanol–water partition coefficient (Wildman–Crippen LogP) is 1.04. The van der Waals surface area contributed by atoms with E-state index in [9.17, 15) is 5.11 Å². The number of anilines is 1. The predicted molar refractivity (Wildman–Crippen MR) is 75.7 cm³/mol. The van der Waals surface area contributed by atoms with Crippen molar-refractivity contribution in [3.8, 4) is 5.75 Å². The van der Waals surface area contributed by atoms with Gasteiger partial charge in [0.05, 0.1) is 18.9 Å². The zero-order valence-corrected chi connectivity index (χ0v) is 11.3. The molecule has 1 heterocycles. The fourth-order valence-corrected chi connectivity index (χ4v) is 1.87. The molecule has 0 unspecified atom stereocenters. The van der Waals surface area contributed by atoms with E-state index in [1.165, 1.54) is 6.07 Å². The Balaban J connectivity index is 2.00. The normalized spacial score (nSPS) is 14.8. The molecule has 1 aromatic rings. The number of nitrogens with one attached hydrogen (secondary N) is 3. The van der Waals surface area contributed by atoms with Gasteiger partial charge in [-0.2, -0.15) is 0 Å². The number of phenols is 1. The van der Waals surface area contributed by atoms with Crippen LogP contribution in [0.25, 0.3) is 0 Å². The molecule has 0 spiro atoms. The summed E-state index contributed by atoms with van der Waals surface area (Å²) in [6, 6.07) is 4.66. The van der Waals surface area contributed by atoms with Gasteiger partial charge in [0.1, 0.15) is 5.75 Å². The molecule has 1 aliphatic heterocycles. The molecule has 1 aromatic carbocycles. The third-order valence-electron chi connectivity index (χ3n) is 3.03. The highest BCUT2D eigenvalue weighted by molar-refractivity contribution is 5.99. The molecular weight excluding hydrogens is 260 g/mol. The van der Waals surface area contributed by atoms with Crippen LogP contribution in [-0.4, -0.2) is 55.3 Å². The molecule has 1 fully saturated rings. The minimum atomic E-state index is -0.167. The van der Waals surface area contributed by atoms with Crippen LogP contribution >= 0.6 is 0 Å². The average Bonchev–Trinajstić information content (AvgIpc) is 2.48. The van der Waals surface area contributed by atoms with Gasteiger partial charge in [-0.25, -0.2) is 0 Å². The number of hydrogen-bond donors (Lipinski definition) is 4. The van der Waals surface area contributed by atoms with Gasteiger partial charge in [-0.05, 0) is 18.2 Å². The van der Waals surface area contributed by atoms with Crippen LogP contribution in [0.3, 0.4) is 0 Å². The van der Waals surface area contributed by atoms with Crippen LogP contribution in [0.1, 0.15) is 5.56 Å². The molecule has 0 amide bonds. The Morgan fingerprint density at radius 3 is 2.65 bits per heavy atom. The number of hydrogen-bond acceptors (Lipinski definition) is 6. The first-order chi connectivity index (χ1) is 9.61. The lowest BCUT2D eigenvalue weighted by atomic mass is 10.2. The standard InChI is InChI=1S/C13H18N4O3/c1-16-10-3-2-9(8-11(10)18)12(14)20-13(15)17-4-6-19-7-5-17/h2-3,8,14-16,18H,4-7H2,1H3. The van der Waals surface area contributed by atoms with Crippen molar-refractivity contribution in [3.05, 3.63) is 23.8 Å². The van der Waals surface area contributed by atoms with E-state index < -0.39 is 0 Å². The van der Waals surface area contributed by atoms with E-state index in [0.717, 1.165) is 0 Å². The first-order valence-corrected chi connectivity index (χ1v) is 6.30. The fraction of sp³-hybridized carbons (Fsp3) is 0.385. The largest absolute Gasteiger partial charge is 0.506 e. The summed E-state index contributed by atoms with van der Waals surface area (Å²) in [5.74, 6) is -0.129. The van der Waals surface area contributed by atoms with Gasteiger partial charge in [0, 0.05) is 25.7 Å². The van der Waals surface area contributed by atoms with Crippen molar-refractivity contribution in [3.63, 3.8) is 0 Å². The number of ether oxygens (including phenoxy) is 2. The van der Waals surface area contributed by atoms with E-state index in [0.29, 0.717) is 37.6 Å². The summed E-state index contributed by atoms with van der Waals surface area (Å²) in [6.07, 6.45) is 0. The van der Waals surface area contributed by atoms with Crippen LogP contribution in [0.15, 0.2) is 18.2 Å². The van der Waals surface area contributed by atoms with Crippen molar-refractivity contribution in [1.82, 2.24) is 4.90 Å². The SMILES string of the molecule is CNc1ccc(C(=N)OC(=N)N2CCOCC2)cc1O. The van der Waals surface area contributed by atoms with E-state index in [1.54, 1.807) is 24.1 Å². The molecule has 7 nitrogen and oxygen atoms in total. The van der Waals surface area contributed by atoms with Crippen LogP contribution in [0, 0.1) is 10.8 Å². The van der Waals surface area contributed by atoms with E-state index in [2.05, 4.69) is 5.32 Å². The summed E-state index contributed by atoms with van der Waals surface area (Å²) < 4.78 is 10.4. The Labute approximate surface area is 117 Å². The van der Waals surface area contributed by atoms with Crippen LogP contribution in [0.4, 0.5) is 5.69 Å². The molecular formula is C13H18N4O3. The summed E-state index contributed by atoms with van der Waals surface area (Å²) in [4.78, 5) is 1.71. The van der Waals surface area contributed by atoms with E-state index in [-0.39, 0.29) is 17.7 Å². The van der Waals surface area contributed by atoms with Gasteiger partial charge in [0.25, 0.3) is 6.02 Å². The molecule has 7 heteroatoms. The number of nitrogens with zero attached hydrogens (tertiary/aromatic N) is 1. The van der Waals surface area contributed by atoms with Crippen molar-refractivity contribution < 1.29 is 14.6 Å². The second-order valence-corrected chi connectivity index (χ2v) is 4.32. The molecule has 0 aromatic heterocycles. The van der Waals surface area contributed by atoms with Crippen molar-refractivity contribution in [2.24, 2.45) is 0 Å². The van der Waals surface area contributed by atoms with Crippen LogP contribution in [0.2, 0.25) is 0 Å². The Bertz CT molecular complexity index is 512. The Morgan fingerprint density at radius 1 is 1.35 bits per heavy atom. The highest BCUT2D eigenvalue weighted by atomic mass is 16.5. The summed E-state index contributed by atoms with van der Waals surface area (Å²) >= 11 is 0. The molecule has 0 aliphatic carbocycles. The van der Waals surface area contributed by atoms with Crippen molar-refractivity contribution >= 4 is 17.6 Å². The molecule has 0 radical (unpaired) electrons. The van der Waals surface area contributed by atoms with Gasteiger partial charge >= 0.3 is 0 Å². The van der Waals surface area contributed by atoms with Gasteiger partial charge in [0.15, 0.2) is 0 Å². The second kappa shape index (κ2) is 6.25. The van der Waals surface area contributed by atoms with Crippen LogP contribution in [0.5, 0.6) is 5.75 Å². The second-order valence-electron chi connectivity index (χ2n) is 4.32. The third-order valence-corrected chi connectivity index (χ3v) is 3.03. The molecule has 1 saturated heterocycles. The zero-order valence-electron chi connectivity index (χ0n) is 11.3. The molecule has 1 aliphatic rings. The summed E-state index contributed by atoms with van der Waals surface area (Å²) in [5.41, 5.74) is 0.990. The highest BCUT2D eigenvalue weighted by Crippen LogP contribution is 2.23. The Kier molecular flexibility index (Phi) is 4.41. The minimum absolute atomic E-state index is 0.0382. The number of aromatic hydroxyl groups is 1. The fourth-order valence-electron chi connectivity index (χ4n) is 1.87. The first kappa shape index (κ1) is 14.1. The lowest BCUT2D eigenvalue weighted by Gasteiger charge is -2.27. The number of phenolic OH excluding ortho intramolecular Hbond substituents is 1. The smallest absolute Gasteiger partial charge is 0.291 e. The highest BCUT2D eigenvalue weighted by Gasteiger charge is 2.17. The maximum Gasteiger partial charge on any atom is 0.291 e. The van der Waals surface area contributed by atoms with Gasteiger partial charge in [-0.15, -0.1) is 0 Å². The topological polar surface area (TPSA) is 102 Å². The molecule has 2 rings (SSSR count). The van der Waals surface area contributed by atoms with Gasteiger partial charge in [-0.1, -0.05) is 0 Å². The lowest BCUT2D eigenvalue weighted by Crippen LogP contribution is -2.42. The zero-order chi connectivity index (χ0) is 14.5. The van der Waals surface area contributed by atoms with Crippen molar-refractivity contribution in [1.29, 1.82) is 10.8 Å². The molecule has 108 valence electrons. The lowest BCUT2D eigenvalue weighted by molar-refractivity contribution is 0.0605. The van der Waals surface area contributed by atoms with E-state index >= 15 is 0 Å². The van der Waals surface area contributed by atoms with E-state index in [4.69, 9.17) is 20.3 Å². The maximum atomic E-state index is 9.73. The Morgan fingerprint density at radius 2 is 2.05 bits per heavy atom. The number of benzene rings is 1. The Hall–Kier alpha value is -2.28. The number of rotatable bonds is 2.